The third-order valence-electron chi connectivity index (χ3n) is 0.576. The van der Waals surface area contributed by atoms with E-state index in [1.54, 1.807) is 0 Å². The molecule has 0 aromatic heterocycles. The fraction of sp³-hybridized carbons (Fsp3) is 1.00. The first kappa shape index (κ1) is 10.4. The van der Waals surface area contributed by atoms with Crippen LogP contribution in [0.2, 0.25) is 0 Å². The zero-order chi connectivity index (χ0) is 4.99. The first-order valence-corrected chi connectivity index (χ1v) is 2.12. The smallest absolute Gasteiger partial charge is 0.00985 e. The van der Waals surface area contributed by atoms with E-state index in [4.69, 9.17) is 5.73 Å². The summed E-state index contributed by atoms with van der Waals surface area (Å²) in [7, 11) is 4.01. The van der Waals surface area contributed by atoms with Gasteiger partial charge in [0.05, 0.1) is 0 Å². The minimum absolute atomic E-state index is 0. The normalized spacial score (nSPS) is 8.57. The number of likely N-dealkylation sites (N-methyl/N-ethyl adjacent to an activating group) is 1. The molecule has 2 N–H and O–H groups in total. The van der Waals surface area contributed by atoms with Gasteiger partial charge in [-0.15, -0.1) is 0 Å². The zero-order valence-corrected chi connectivity index (χ0v) is 5.81. The Labute approximate surface area is 55.3 Å². The molecule has 0 aliphatic carbocycles. The molecule has 2 nitrogen and oxygen atoms in total. The number of nitrogens with zero attached hydrogens (tertiary/aromatic N) is 1. The van der Waals surface area contributed by atoms with Gasteiger partial charge in [0.25, 0.3) is 0 Å². The molecule has 0 aliphatic rings. The van der Waals surface area contributed by atoms with Crippen molar-refractivity contribution in [2.75, 3.05) is 27.2 Å². The molecule has 7 heavy (non-hydrogen) atoms. The predicted octanol–water partition coefficient (Wildman–Crippen LogP) is -0.496. The van der Waals surface area contributed by atoms with Gasteiger partial charge in [-0.1, -0.05) is 0 Å². The Bertz CT molecular complexity index is 30.9. The molecule has 0 spiro atoms. The monoisotopic (exact) mass is 147 g/mol. The van der Waals surface area contributed by atoms with E-state index < -0.39 is 0 Å². The Hall–Kier alpha value is 0.426. The molecule has 0 unspecified atom stereocenters. The van der Waals surface area contributed by atoms with Gasteiger partial charge in [-0.05, 0) is 14.1 Å². The van der Waals surface area contributed by atoms with E-state index in [1.165, 1.54) is 0 Å². The largest absolute Gasteiger partial charge is 0.329 e. The van der Waals surface area contributed by atoms with Crippen LogP contribution in [0.3, 0.4) is 0 Å². The summed E-state index contributed by atoms with van der Waals surface area (Å²) in [6.45, 7) is 1.74. The van der Waals surface area contributed by atoms with Crippen LogP contribution < -0.4 is 5.73 Å². The number of hydrogen-bond acceptors (Lipinski definition) is 2. The SMILES string of the molecule is CN(C)CCN.[Co]. The minimum Gasteiger partial charge on any atom is -0.329 e. The van der Waals surface area contributed by atoms with Crippen LogP contribution in [0.15, 0.2) is 0 Å². The van der Waals surface area contributed by atoms with Crippen LogP contribution in [0.1, 0.15) is 0 Å². The second kappa shape index (κ2) is 6.43. The fourth-order valence-corrected chi connectivity index (χ4v) is 0.258. The fourth-order valence-electron chi connectivity index (χ4n) is 0.258. The molecule has 3 heteroatoms. The van der Waals surface area contributed by atoms with Gasteiger partial charge in [-0.2, -0.15) is 0 Å². The number of rotatable bonds is 2. The van der Waals surface area contributed by atoms with Gasteiger partial charge in [-0.3, -0.25) is 0 Å². The maximum Gasteiger partial charge on any atom is 0.00985 e. The second-order valence-electron chi connectivity index (χ2n) is 1.59. The molecule has 0 bridgehead atoms. The molecule has 0 saturated carbocycles. The number of nitrogens with two attached hydrogens (primary N) is 1. The van der Waals surface area contributed by atoms with Gasteiger partial charge < -0.3 is 10.6 Å². The summed E-state index contributed by atoms with van der Waals surface area (Å²) in [6, 6.07) is 0. The molecule has 47 valence electrons. The van der Waals surface area contributed by atoms with E-state index in [0.717, 1.165) is 13.1 Å². The van der Waals surface area contributed by atoms with Crippen LogP contribution in [0.25, 0.3) is 0 Å². The quantitative estimate of drug-likeness (QED) is 0.570. The van der Waals surface area contributed by atoms with E-state index in [2.05, 4.69) is 4.90 Å². The van der Waals surface area contributed by atoms with Gasteiger partial charge >= 0.3 is 0 Å². The van der Waals surface area contributed by atoms with Crippen molar-refractivity contribution in [1.29, 1.82) is 0 Å². The average molecular weight is 147 g/mol. The Morgan fingerprint density at radius 3 is 1.86 bits per heavy atom. The summed E-state index contributed by atoms with van der Waals surface area (Å²) in [4.78, 5) is 2.06. The predicted molar refractivity (Wildman–Crippen MR) is 27.6 cm³/mol. The van der Waals surface area contributed by atoms with E-state index in [-0.39, 0.29) is 16.8 Å². The number of hydrogen-bond donors (Lipinski definition) is 1. The van der Waals surface area contributed by atoms with Crippen molar-refractivity contribution >= 4 is 0 Å². The second-order valence-corrected chi connectivity index (χ2v) is 1.59. The van der Waals surface area contributed by atoms with Crippen LogP contribution in [-0.2, 0) is 16.8 Å². The molecule has 0 heterocycles. The van der Waals surface area contributed by atoms with Gasteiger partial charge in [0.2, 0.25) is 0 Å². The summed E-state index contributed by atoms with van der Waals surface area (Å²) in [6.07, 6.45) is 0. The van der Waals surface area contributed by atoms with E-state index in [1.807, 2.05) is 14.1 Å². The topological polar surface area (TPSA) is 29.3 Å². The van der Waals surface area contributed by atoms with Crippen molar-refractivity contribution in [1.82, 2.24) is 4.90 Å². The molecule has 0 fully saturated rings. The van der Waals surface area contributed by atoms with Crippen LogP contribution >= 0.6 is 0 Å². The Morgan fingerprint density at radius 1 is 1.43 bits per heavy atom. The van der Waals surface area contributed by atoms with Crippen molar-refractivity contribution in [3.8, 4) is 0 Å². The molecule has 0 aromatic rings. The summed E-state index contributed by atoms with van der Waals surface area (Å²) in [5, 5.41) is 0. The van der Waals surface area contributed by atoms with E-state index >= 15 is 0 Å². The molecular formula is C4H12CoN2. The van der Waals surface area contributed by atoms with Crippen molar-refractivity contribution in [3.63, 3.8) is 0 Å². The van der Waals surface area contributed by atoms with Gasteiger partial charge in [0.1, 0.15) is 0 Å². The molecular weight excluding hydrogens is 135 g/mol. The van der Waals surface area contributed by atoms with Crippen LogP contribution in [-0.4, -0.2) is 32.1 Å². The maximum absolute atomic E-state index is 5.19. The average Bonchev–Trinajstić information content (AvgIpc) is 1.35. The van der Waals surface area contributed by atoms with Crippen molar-refractivity contribution in [2.24, 2.45) is 5.73 Å². The van der Waals surface area contributed by atoms with E-state index in [0.29, 0.717) is 0 Å². The maximum atomic E-state index is 5.19. The van der Waals surface area contributed by atoms with Crippen molar-refractivity contribution in [2.45, 2.75) is 0 Å². The zero-order valence-electron chi connectivity index (χ0n) is 4.77. The first-order chi connectivity index (χ1) is 2.77. The summed E-state index contributed by atoms with van der Waals surface area (Å²) < 4.78 is 0. The standard InChI is InChI=1S/C4H12N2.Co/c1-6(2)4-3-5;/h3-5H2,1-2H3;. The molecule has 0 aliphatic heterocycles. The molecule has 0 aromatic carbocycles. The molecule has 0 amide bonds. The summed E-state index contributed by atoms with van der Waals surface area (Å²) in [5.74, 6) is 0. The van der Waals surface area contributed by atoms with Gasteiger partial charge in [0.15, 0.2) is 0 Å². The molecule has 0 atom stereocenters. The van der Waals surface area contributed by atoms with Crippen molar-refractivity contribution < 1.29 is 16.8 Å². The molecule has 1 radical (unpaired) electrons. The Balaban J connectivity index is 0. The van der Waals surface area contributed by atoms with Crippen LogP contribution in [0, 0.1) is 0 Å². The Morgan fingerprint density at radius 2 is 1.86 bits per heavy atom. The van der Waals surface area contributed by atoms with E-state index in [9.17, 15) is 0 Å². The third kappa shape index (κ3) is 10.7. The first-order valence-electron chi connectivity index (χ1n) is 2.12. The molecule has 0 rings (SSSR count). The minimum atomic E-state index is 0. The van der Waals surface area contributed by atoms with Gasteiger partial charge in [0, 0.05) is 29.9 Å². The summed E-state index contributed by atoms with van der Waals surface area (Å²) >= 11 is 0. The summed E-state index contributed by atoms with van der Waals surface area (Å²) in [5.41, 5.74) is 5.19. The van der Waals surface area contributed by atoms with Crippen LogP contribution in [0.5, 0.6) is 0 Å². The van der Waals surface area contributed by atoms with Crippen LogP contribution in [0.4, 0.5) is 0 Å². The Kier molecular flexibility index (Phi) is 9.56. The third-order valence-corrected chi connectivity index (χ3v) is 0.576. The van der Waals surface area contributed by atoms with Gasteiger partial charge in [-0.25, -0.2) is 0 Å². The molecule has 0 saturated heterocycles. The van der Waals surface area contributed by atoms with Crippen molar-refractivity contribution in [3.05, 3.63) is 0 Å².